The van der Waals surface area contributed by atoms with Gasteiger partial charge in [0.2, 0.25) is 0 Å². The molecule has 0 unspecified atom stereocenters. The van der Waals surface area contributed by atoms with Crippen LogP contribution < -0.4 is 0 Å². The van der Waals surface area contributed by atoms with Crippen LogP contribution in [0.15, 0.2) is 54.6 Å². The lowest BCUT2D eigenvalue weighted by Crippen LogP contribution is -2.04. The molecular weight excluding hydrogens is 284 g/mol. The molecule has 0 bridgehead atoms. The minimum Gasteiger partial charge on any atom is -0.289 e. The molecule has 0 saturated carbocycles. The Morgan fingerprint density at radius 1 is 1.00 bits per heavy atom. The third kappa shape index (κ3) is 4.02. The van der Waals surface area contributed by atoms with Gasteiger partial charge < -0.3 is 0 Å². The van der Waals surface area contributed by atoms with Gasteiger partial charge in [0.25, 0.3) is 0 Å². The number of benzene rings is 2. The van der Waals surface area contributed by atoms with E-state index in [2.05, 4.69) is 0 Å². The van der Waals surface area contributed by atoms with Crippen molar-refractivity contribution >= 4 is 11.9 Å². The van der Waals surface area contributed by atoms with Gasteiger partial charge in [0.05, 0.1) is 5.56 Å². The molecule has 0 aliphatic carbocycles. The second-order valence-corrected chi connectivity index (χ2v) is 4.33. The van der Waals surface area contributed by atoms with E-state index in [0.717, 1.165) is 30.3 Å². The zero-order valence-electron chi connectivity index (χ0n) is 10.7. The number of alkyl halides is 3. The summed E-state index contributed by atoms with van der Waals surface area (Å²) in [5.74, 6) is -0.874. The van der Waals surface area contributed by atoms with Gasteiger partial charge in [-0.25, -0.2) is 4.39 Å². The highest BCUT2D eigenvalue weighted by atomic mass is 19.4. The lowest BCUT2D eigenvalue weighted by molar-refractivity contribution is -0.137. The largest absolute Gasteiger partial charge is 0.416 e. The molecule has 0 saturated heterocycles. The van der Waals surface area contributed by atoms with E-state index in [4.69, 9.17) is 0 Å². The van der Waals surface area contributed by atoms with Crippen LogP contribution in [0, 0.1) is 5.82 Å². The predicted octanol–water partition coefficient (Wildman–Crippen LogP) is 4.74. The van der Waals surface area contributed by atoms with Gasteiger partial charge in [-0.1, -0.05) is 18.2 Å². The molecule has 0 aliphatic rings. The summed E-state index contributed by atoms with van der Waals surface area (Å²) in [6.45, 7) is 0. The Balaban J connectivity index is 2.17. The van der Waals surface area contributed by atoms with Gasteiger partial charge in [0.1, 0.15) is 5.82 Å². The Hall–Kier alpha value is -2.43. The van der Waals surface area contributed by atoms with Crippen LogP contribution in [0.25, 0.3) is 6.08 Å². The highest BCUT2D eigenvalue weighted by molar-refractivity contribution is 6.06. The fourth-order valence-electron chi connectivity index (χ4n) is 1.70. The summed E-state index contributed by atoms with van der Waals surface area (Å²) in [5, 5.41) is 0. The maximum atomic E-state index is 12.7. The van der Waals surface area contributed by atoms with Crippen molar-refractivity contribution in [1.82, 2.24) is 0 Å². The van der Waals surface area contributed by atoms with Gasteiger partial charge in [-0.15, -0.1) is 0 Å². The summed E-state index contributed by atoms with van der Waals surface area (Å²) in [4.78, 5) is 11.8. The van der Waals surface area contributed by atoms with E-state index in [1.807, 2.05) is 0 Å². The molecule has 2 aromatic carbocycles. The molecule has 0 aromatic heterocycles. The zero-order valence-corrected chi connectivity index (χ0v) is 10.7. The van der Waals surface area contributed by atoms with E-state index in [1.54, 1.807) is 0 Å². The summed E-state index contributed by atoms with van der Waals surface area (Å²) in [6.07, 6.45) is -1.98. The summed E-state index contributed by atoms with van der Waals surface area (Å²) in [5.41, 5.74) is -0.251. The van der Waals surface area contributed by atoms with Crippen LogP contribution >= 0.6 is 0 Å². The van der Waals surface area contributed by atoms with Gasteiger partial charge in [-0.05, 0) is 48.0 Å². The minimum absolute atomic E-state index is 0.264. The van der Waals surface area contributed by atoms with Crippen LogP contribution in [-0.4, -0.2) is 5.78 Å². The standard InChI is InChI=1S/C16H10F4O/c17-14-7-5-12(6-8-14)15(21)9-4-11-2-1-3-13(10-11)16(18,19)20/h1-10H/b9-4+. The van der Waals surface area contributed by atoms with Gasteiger partial charge in [0.15, 0.2) is 5.78 Å². The number of halogens is 4. The number of carbonyl (C=O) groups excluding carboxylic acids is 1. The van der Waals surface area contributed by atoms with Crippen molar-refractivity contribution < 1.29 is 22.4 Å². The molecule has 0 aliphatic heterocycles. The minimum atomic E-state index is -4.43. The van der Waals surface area contributed by atoms with Gasteiger partial charge >= 0.3 is 6.18 Å². The second kappa shape index (κ2) is 5.91. The van der Waals surface area contributed by atoms with Crippen molar-refractivity contribution in [2.75, 3.05) is 0 Å². The lowest BCUT2D eigenvalue weighted by atomic mass is 10.1. The first-order valence-electron chi connectivity index (χ1n) is 6.01. The van der Waals surface area contributed by atoms with Crippen LogP contribution in [0.3, 0.4) is 0 Å². The molecule has 0 N–H and O–H groups in total. The summed E-state index contributed by atoms with van der Waals surface area (Å²) in [7, 11) is 0. The highest BCUT2D eigenvalue weighted by Crippen LogP contribution is 2.29. The molecule has 0 heterocycles. The first-order valence-corrected chi connectivity index (χ1v) is 6.01. The molecular formula is C16H10F4O. The van der Waals surface area contributed by atoms with E-state index in [1.165, 1.54) is 30.3 Å². The fourth-order valence-corrected chi connectivity index (χ4v) is 1.70. The van der Waals surface area contributed by atoms with E-state index < -0.39 is 23.3 Å². The molecule has 108 valence electrons. The van der Waals surface area contributed by atoms with Crippen molar-refractivity contribution in [3.05, 3.63) is 77.1 Å². The molecule has 0 spiro atoms. The lowest BCUT2D eigenvalue weighted by Gasteiger charge is -2.06. The third-order valence-electron chi connectivity index (χ3n) is 2.77. The van der Waals surface area contributed by atoms with Gasteiger partial charge in [-0.3, -0.25) is 4.79 Å². The van der Waals surface area contributed by atoms with Crippen molar-refractivity contribution in [2.24, 2.45) is 0 Å². The van der Waals surface area contributed by atoms with Crippen LogP contribution in [0.2, 0.25) is 0 Å². The first-order chi connectivity index (χ1) is 9.86. The van der Waals surface area contributed by atoms with Crippen LogP contribution in [0.1, 0.15) is 21.5 Å². The van der Waals surface area contributed by atoms with Crippen LogP contribution in [-0.2, 0) is 6.18 Å². The first kappa shape index (κ1) is 15.0. The molecule has 0 atom stereocenters. The van der Waals surface area contributed by atoms with Crippen molar-refractivity contribution in [3.8, 4) is 0 Å². The number of hydrogen-bond donors (Lipinski definition) is 0. The average Bonchev–Trinajstić information content (AvgIpc) is 2.45. The Kier molecular flexibility index (Phi) is 4.21. The number of allylic oxidation sites excluding steroid dienone is 1. The second-order valence-electron chi connectivity index (χ2n) is 4.33. The van der Waals surface area contributed by atoms with Gasteiger partial charge in [0, 0.05) is 5.56 Å². The Bertz CT molecular complexity index is 669. The fraction of sp³-hybridized carbons (Fsp3) is 0.0625. The summed E-state index contributed by atoms with van der Waals surface area (Å²) < 4.78 is 50.4. The van der Waals surface area contributed by atoms with E-state index in [9.17, 15) is 22.4 Å². The maximum Gasteiger partial charge on any atom is 0.416 e. The smallest absolute Gasteiger partial charge is 0.289 e. The van der Waals surface area contributed by atoms with Crippen molar-refractivity contribution in [3.63, 3.8) is 0 Å². The Morgan fingerprint density at radius 3 is 2.29 bits per heavy atom. The van der Waals surface area contributed by atoms with E-state index in [-0.39, 0.29) is 11.1 Å². The number of ketones is 1. The Labute approximate surface area is 118 Å². The molecule has 1 nitrogen and oxygen atoms in total. The van der Waals surface area contributed by atoms with Crippen molar-refractivity contribution in [2.45, 2.75) is 6.18 Å². The number of hydrogen-bond acceptors (Lipinski definition) is 1. The maximum absolute atomic E-state index is 12.7. The molecule has 2 rings (SSSR count). The molecule has 2 aromatic rings. The molecule has 0 fully saturated rings. The van der Waals surface area contributed by atoms with Crippen molar-refractivity contribution in [1.29, 1.82) is 0 Å². The predicted molar refractivity (Wildman–Crippen MR) is 71.2 cm³/mol. The Morgan fingerprint density at radius 2 is 1.67 bits per heavy atom. The summed E-state index contributed by atoms with van der Waals surface area (Å²) >= 11 is 0. The molecule has 21 heavy (non-hydrogen) atoms. The monoisotopic (exact) mass is 294 g/mol. The zero-order chi connectivity index (χ0) is 15.5. The third-order valence-corrected chi connectivity index (χ3v) is 2.77. The van der Waals surface area contributed by atoms with Crippen LogP contribution in [0.4, 0.5) is 17.6 Å². The number of rotatable bonds is 3. The number of carbonyl (C=O) groups is 1. The molecule has 0 radical (unpaired) electrons. The molecule has 5 heteroatoms. The summed E-state index contributed by atoms with van der Waals surface area (Å²) in [6, 6.07) is 9.56. The highest BCUT2D eigenvalue weighted by Gasteiger charge is 2.30. The van der Waals surface area contributed by atoms with E-state index >= 15 is 0 Å². The topological polar surface area (TPSA) is 17.1 Å². The molecule has 0 amide bonds. The van der Waals surface area contributed by atoms with E-state index in [0.29, 0.717) is 0 Å². The van der Waals surface area contributed by atoms with Crippen LogP contribution in [0.5, 0.6) is 0 Å². The SMILES string of the molecule is O=C(/C=C/c1cccc(C(F)(F)F)c1)c1ccc(F)cc1. The van der Waals surface area contributed by atoms with Gasteiger partial charge in [-0.2, -0.15) is 13.2 Å². The quantitative estimate of drug-likeness (QED) is 0.454. The normalized spacial score (nSPS) is 11.8. The average molecular weight is 294 g/mol.